The standard InChI is InChI=1S/C37H53NO9/c1-31(2,41)23(39)16-18-9-10-20-21-17-19-11-14-36(43)34(7,35(19,8)26(21)38-22(20)15-18)13-12-24-37(36)29(46-37)25-28(44-24)33(5,6)47-30(45-25)27(40)32(3,4)42/h9-10,15,19,23-25,27-30,38-43H,11-14,16-17H2,1-8H3/t19-,23+,24-,25+,27+,28-,29+,30-,34+,35+,36-,37-/m0/s1. The molecule has 2 saturated carbocycles. The average molecular weight is 656 g/mol. The molecule has 4 heterocycles. The first kappa shape index (κ1) is 32.6. The van der Waals surface area contributed by atoms with Gasteiger partial charge in [0.15, 0.2) is 11.9 Å². The number of aliphatic hydroxyl groups is 5. The van der Waals surface area contributed by atoms with Crippen LogP contribution in [-0.4, -0.2) is 101 Å². The highest BCUT2D eigenvalue weighted by Gasteiger charge is 2.87. The molecule has 1 spiro atoms. The molecule has 0 unspecified atom stereocenters. The van der Waals surface area contributed by atoms with Gasteiger partial charge in [0.05, 0.1) is 29.0 Å². The van der Waals surface area contributed by atoms with Crippen LogP contribution in [0.5, 0.6) is 0 Å². The summed E-state index contributed by atoms with van der Waals surface area (Å²) in [5.74, 6) is 0.349. The zero-order valence-corrected chi connectivity index (χ0v) is 29.0. The molecular formula is C37H53NO9. The molecule has 12 atom stereocenters. The van der Waals surface area contributed by atoms with Gasteiger partial charge in [0.2, 0.25) is 0 Å². The van der Waals surface area contributed by atoms with E-state index in [4.69, 9.17) is 18.9 Å². The maximum atomic E-state index is 13.3. The Balaban J connectivity index is 1.15. The first-order valence-electron chi connectivity index (χ1n) is 17.5. The lowest BCUT2D eigenvalue weighted by Crippen LogP contribution is -2.78. The number of epoxide rings is 1. The molecular weight excluding hydrogens is 602 g/mol. The van der Waals surface area contributed by atoms with Crippen molar-refractivity contribution in [2.45, 2.75) is 170 Å². The van der Waals surface area contributed by atoms with E-state index in [1.165, 1.54) is 30.5 Å². The summed E-state index contributed by atoms with van der Waals surface area (Å²) in [6, 6.07) is 6.28. The van der Waals surface area contributed by atoms with E-state index in [-0.39, 0.29) is 11.5 Å². The molecule has 260 valence electrons. The summed E-state index contributed by atoms with van der Waals surface area (Å²) in [5.41, 5.74) is -2.10. The van der Waals surface area contributed by atoms with Crippen LogP contribution in [0.25, 0.3) is 10.9 Å². The second-order valence-electron chi connectivity index (χ2n) is 17.8. The summed E-state index contributed by atoms with van der Waals surface area (Å²) < 4.78 is 26.2. The summed E-state index contributed by atoms with van der Waals surface area (Å²) in [5, 5.41) is 56.9. The molecule has 1 aromatic heterocycles. The van der Waals surface area contributed by atoms with Crippen LogP contribution in [0.3, 0.4) is 0 Å². The number of aromatic nitrogens is 1. The van der Waals surface area contributed by atoms with Gasteiger partial charge in [-0.25, -0.2) is 0 Å². The van der Waals surface area contributed by atoms with Gasteiger partial charge >= 0.3 is 0 Å². The van der Waals surface area contributed by atoms with Gasteiger partial charge in [-0.15, -0.1) is 0 Å². The van der Waals surface area contributed by atoms with Crippen LogP contribution in [0.15, 0.2) is 18.2 Å². The van der Waals surface area contributed by atoms with Crippen molar-refractivity contribution < 1.29 is 44.5 Å². The number of hydrogen-bond acceptors (Lipinski definition) is 9. The van der Waals surface area contributed by atoms with E-state index in [1.807, 2.05) is 19.9 Å². The van der Waals surface area contributed by atoms with Crippen molar-refractivity contribution in [3.63, 3.8) is 0 Å². The zero-order chi connectivity index (χ0) is 33.9. The highest BCUT2D eigenvalue weighted by Crippen LogP contribution is 2.75. The van der Waals surface area contributed by atoms with Gasteiger partial charge in [-0.1, -0.05) is 26.0 Å². The molecule has 6 N–H and O–H groups in total. The van der Waals surface area contributed by atoms with E-state index < -0.39 is 70.2 Å². The van der Waals surface area contributed by atoms with Gasteiger partial charge < -0.3 is 49.5 Å². The molecule has 47 heavy (non-hydrogen) atoms. The summed E-state index contributed by atoms with van der Waals surface area (Å²) in [6.07, 6.45) is -0.875. The predicted molar refractivity (Wildman–Crippen MR) is 173 cm³/mol. The normalized spacial score (nSPS) is 44.8. The Morgan fingerprint density at radius 2 is 1.66 bits per heavy atom. The Hall–Kier alpha value is -1.60. The van der Waals surface area contributed by atoms with Crippen LogP contribution >= 0.6 is 0 Å². The smallest absolute Gasteiger partial charge is 0.187 e. The maximum Gasteiger partial charge on any atom is 0.187 e. The highest BCUT2D eigenvalue weighted by molar-refractivity contribution is 5.87. The lowest BCUT2D eigenvalue weighted by molar-refractivity contribution is -0.375. The average Bonchev–Trinajstić information content (AvgIpc) is 3.55. The fourth-order valence-corrected chi connectivity index (χ4v) is 10.8. The third kappa shape index (κ3) is 4.05. The number of aliphatic hydroxyl groups excluding tert-OH is 2. The first-order chi connectivity index (χ1) is 21.7. The zero-order valence-electron chi connectivity index (χ0n) is 29.0. The lowest BCUT2D eigenvalue weighted by Gasteiger charge is -2.66. The number of benzene rings is 1. The number of rotatable bonds is 5. The largest absolute Gasteiger partial charge is 0.390 e. The van der Waals surface area contributed by atoms with E-state index in [1.54, 1.807) is 13.8 Å². The number of H-pyrrole nitrogens is 1. The van der Waals surface area contributed by atoms with Gasteiger partial charge in [0.1, 0.15) is 30.0 Å². The predicted octanol–water partition coefficient (Wildman–Crippen LogP) is 3.15. The molecule has 10 nitrogen and oxygen atoms in total. The number of fused-ring (bicyclic) bond motifs is 9. The summed E-state index contributed by atoms with van der Waals surface area (Å²) in [6.45, 7) is 14.7. The summed E-state index contributed by atoms with van der Waals surface area (Å²) in [4.78, 5) is 3.81. The van der Waals surface area contributed by atoms with Gasteiger partial charge in [-0.05, 0) is 96.8 Å². The molecule has 2 aromatic rings. The van der Waals surface area contributed by atoms with Crippen LogP contribution in [0.2, 0.25) is 0 Å². The van der Waals surface area contributed by atoms with E-state index in [0.29, 0.717) is 18.8 Å². The molecule has 3 aliphatic heterocycles. The van der Waals surface area contributed by atoms with Crippen molar-refractivity contribution in [1.82, 2.24) is 4.98 Å². The quantitative estimate of drug-likeness (QED) is 0.267. The van der Waals surface area contributed by atoms with Crippen molar-refractivity contribution in [2.24, 2.45) is 11.3 Å². The maximum absolute atomic E-state index is 13.3. The van der Waals surface area contributed by atoms with Crippen molar-refractivity contribution in [2.75, 3.05) is 0 Å². The van der Waals surface area contributed by atoms with Crippen molar-refractivity contribution >= 4 is 10.9 Å². The van der Waals surface area contributed by atoms with Crippen LogP contribution < -0.4 is 0 Å². The van der Waals surface area contributed by atoms with Crippen LogP contribution in [0.4, 0.5) is 0 Å². The monoisotopic (exact) mass is 655 g/mol. The van der Waals surface area contributed by atoms with E-state index in [2.05, 4.69) is 31.0 Å². The van der Waals surface area contributed by atoms with Gasteiger partial charge in [-0.2, -0.15) is 0 Å². The molecule has 0 bridgehead atoms. The molecule has 3 saturated heterocycles. The third-order valence-corrected chi connectivity index (χ3v) is 13.9. The number of aromatic amines is 1. The van der Waals surface area contributed by atoms with Crippen molar-refractivity contribution in [3.8, 4) is 0 Å². The Bertz CT molecular complexity index is 1610. The topological polar surface area (TPSA) is 157 Å². The molecule has 5 fully saturated rings. The number of ether oxygens (including phenoxy) is 4. The van der Waals surface area contributed by atoms with Gasteiger partial charge in [0, 0.05) is 33.8 Å². The Morgan fingerprint density at radius 3 is 2.34 bits per heavy atom. The minimum absolute atomic E-state index is 0.331. The van der Waals surface area contributed by atoms with E-state index in [0.717, 1.165) is 36.8 Å². The summed E-state index contributed by atoms with van der Waals surface area (Å²) in [7, 11) is 0. The van der Waals surface area contributed by atoms with Gasteiger partial charge in [-0.3, -0.25) is 0 Å². The van der Waals surface area contributed by atoms with Crippen LogP contribution in [0.1, 0.15) is 97.9 Å². The minimum Gasteiger partial charge on any atom is -0.390 e. The fourth-order valence-electron chi connectivity index (χ4n) is 10.8. The minimum atomic E-state index is -1.45. The second-order valence-corrected chi connectivity index (χ2v) is 17.8. The molecule has 10 heteroatoms. The Labute approximate surface area is 276 Å². The summed E-state index contributed by atoms with van der Waals surface area (Å²) >= 11 is 0. The number of nitrogens with one attached hydrogen (secondary N) is 1. The lowest BCUT2D eigenvalue weighted by atomic mass is 9.40. The van der Waals surface area contributed by atoms with Crippen LogP contribution in [-0.2, 0) is 37.2 Å². The number of hydrogen-bond donors (Lipinski definition) is 6. The van der Waals surface area contributed by atoms with Crippen LogP contribution in [0, 0.1) is 11.3 Å². The molecule has 3 aliphatic carbocycles. The molecule has 6 aliphatic rings. The van der Waals surface area contributed by atoms with E-state index in [9.17, 15) is 25.5 Å². The van der Waals surface area contributed by atoms with Gasteiger partial charge in [0.25, 0.3) is 0 Å². The Morgan fingerprint density at radius 1 is 0.936 bits per heavy atom. The van der Waals surface area contributed by atoms with Crippen molar-refractivity contribution in [3.05, 3.63) is 35.0 Å². The first-order valence-corrected chi connectivity index (χ1v) is 17.5. The highest BCUT2D eigenvalue weighted by atomic mass is 16.8. The second kappa shape index (κ2) is 9.59. The third-order valence-electron chi connectivity index (χ3n) is 13.9. The SMILES string of the molecule is CC(C)(O)[C@H](O)Cc1ccc2c3c([nH]c2c1)[C@@]1(C)[C@@H](CC[C@@]2(O)[C@@]45O[C@@H]4[C@@H]4O[C@H]([C@@H](O)C(C)(C)O)OC(C)(C)[C@H]4O[C@H]5CC[C@@]21C)C3. The fraction of sp³-hybridized carbons (Fsp3) is 0.784. The van der Waals surface area contributed by atoms with Crippen molar-refractivity contribution in [1.29, 1.82) is 0 Å². The van der Waals surface area contributed by atoms with E-state index >= 15 is 0 Å². The molecule has 8 rings (SSSR count). The molecule has 0 amide bonds. The molecule has 1 aromatic carbocycles. The Kier molecular flexibility index (Phi) is 6.65. The molecule has 0 radical (unpaired) electrons.